The summed E-state index contributed by atoms with van der Waals surface area (Å²) in [5.74, 6) is -1.12. The van der Waals surface area contributed by atoms with E-state index >= 15 is 0 Å². The van der Waals surface area contributed by atoms with Crippen molar-refractivity contribution in [2.75, 3.05) is 0 Å². The van der Waals surface area contributed by atoms with E-state index < -0.39 is 35.5 Å². The molecule has 1 aromatic carbocycles. The van der Waals surface area contributed by atoms with Crippen molar-refractivity contribution < 1.29 is 23.9 Å². The number of nitrogens with zero attached hydrogens (tertiary/aromatic N) is 2. The molecule has 11 nitrogen and oxygen atoms in total. The van der Waals surface area contributed by atoms with Gasteiger partial charge in [-0.15, -0.1) is 10.2 Å². The molecule has 216 valence electrons. The number of carbonyl (C=O) groups excluding carboxylic acids is 2. The summed E-state index contributed by atoms with van der Waals surface area (Å²) >= 11 is 12.8. The monoisotopic (exact) mass is 592 g/mol. The second-order valence-corrected chi connectivity index (χ2v) is 11.4. The Bertz CT molecular complexity index is 1390. The molecule has 5 N–H and O–H groups in total. The molecule has 0 spiro atoms. The Labute approximate surface area is 241 Å². The number of carbonyl (C=O) groups is 3. The number of aryl methyl sites for hydroxylation is 1. The van der Waals surface area contributed by atoms with E-state index in [0.717, 1.165) is 23.1 Å². The predicted molar refractivity (Wildman–Crippen MR) is 150 cm³/mol. The third-order valence-electron chi connectivity index (χ3n) is 8.01. The van der Waals surface area contributed by atoms with E-state index in [1.165, 1.54) is 6.39 Å². The number of H-pyrrole nitrogens is 1. The van der Waals surface area contributed by atoms with E-state index in [9.17, 15) is 19.5 Å². The number of hydrogen-bond acceptors (Lipinski definition) is 6. The Morgan fingerprint density at radius 2 is 1.88 bits per heavy atom. The topological polar surface area (TPSA) is 162 Å². The van der Waals surface area contributed by atoms with Crippen LogP contribution in [0.5, 0.6) is 0 Å². The molecule has 3 aromatic rings. The van der Waals surface area contributed by atoms with Gasteiger partial charge in [-0.25, -0.2) is 4.79 Å². The van der Waals surface area contributed by atoms with E-state index in [4.69, 9.17) is 27.6 Å². The number of rotatable bonds is 10. The van der Waals surface area contributed by atoms with Crippen LogP contribution >= 0.6 is 23.2 Å². The molecule has 0 saturated heterocycles. The fraction of sp³-hybridized carbons (Fsp3) is 0.519. The second-order valence-electron chi connectivity index (χ2n) is 10.6. The summed E-state index contributed by atoms with van der Waals surface area (Å²) in [5.41, 5.74) is 0.998. The molecule has 2 heterocycles. The van der Waals surface area contributed by atoms with E-state index in [1.807, 2.05) is 20.8 Å². The lowest BCUT2D eigenvalue weighted by molar-refractivity contribution is -0.136. The Kier molecular flexibility index (Phi) is 8.94. The normalized spacial score (nSPS) is 19.8. The molecule has 40 heavy (non-hydrogen) atoms. The fourth-order valence-corrected chi connectivity index (χ4v) is 5.80. The van der Waals surface area contributed by atoms with Gasteiger partial charge in [0.25, 0.3) is 0 Å². The standard InChI is InChI=1S/C27H34Cl2N6O5/c1-5-13(3)20(33-26(38)39)23(36)34-27(25(37)32-21(14(4)6-2)24-35-30-12-40-24)8-7-19-17(11-27)16-9-15(28)10-18(29)22(16)31-19/h9-10,12-14,20-21,31,33H,5-8,11H2,1-4H3,(H,32,37)(H,34,36)(H,38,39)/t13?,14?,20-,21-,27-/m0/s1. The van der Waals surface area contributed by atoms with Gasteiger partial charge >= 0.3 is 6.09 Å². The molecule has 13 heteroatoms. The van der Waals surface area contributed by atoms with Crippen molar-refractivity contribution in [3.63, 3.8) is 0 Å². The van der Waals surface area contributed by atoms with Gasteiger partial charge < -0.3 is 30.5 Å². The van der Waals surface area contributed by atoms with E-state index in [2.05, 4.69) is 31.1 Å². The maximum atomic E-state index is 14.3. The van der Waals surface area contributed by atoms with Crippen LogP contribution in [0.15, 0.2) is 22.9 Å². The van der Waals surface area contributed by atoms with Crippen LogP contribution in [-0.2, 0) is 22.4 Å². The number of fused-ring (bicyclic) bond motifs is 3. The smallest absolute Gasteiger partial charge is 0.405 e. The van der Waals surface area contributed by atoms with Crippen LogP contribution in [0, 0.1) is 11.8 Å². The zero-order chi connectivity index (χ0) is 29.2. The number of aromatic amines is 1. The first-order chi connectivity index (χ1) is 19.0. The highest BCUT2D eigenvalue weighted by Gasteiger charge is 2.46. The Morgan fingerprint density at radius 3 is 2.50 bits per heavy atom. The van der Waals surface area contributed by atoms with Crippen molar-refractivity contribution in [3.8, 4) is 0 Å². The molecule has 2 unspecified atom stereocenters. The fourth-order valence-electron chi connectivity index (χ4n) is 5.26. The number of carboxylic acid groups (broad SMARTS) is 1. The number of nitrogens with one attached hydrogen (secondary N) is 4. The molecule has 5 atom stereocenters. The zero-order valence-corrected chi connectivity index (χ0v) is 24.3. The molecular weight excluding hydrogens is 559 g/mol. The van der Waals surface area contributed by atoms with Gasteiger partial charge in [0, 0.05) is 22.5 Å². The molecule has 2 aromatic heterocycles. The first kappa shape index (κ1) is 29.7. The van der Waals surface area contributed by atoms with Crippen LogP contribution in [0.25, 0.3) is 10.9 Å². The van der Waals surface area contributed by atoms with Gasteiger partial charge in [-0.1, -0.05) is 63.7 Å². The third kappa shape index (κ3) is 5.90. The van der Waals surface area contributed by atoms with E-state index in [1.54, 1.807) is 19.1 Å². The maximum Gasteiger partial charge on any atom is 0.405 e. The van der Waals surface area contributed by atoms with Crippen molar-refractivity contribution in [2.24, 2.45) is 11.8 Å². The van der Waals surface area contributed by atoms with Crippen LogP contribution in [-0.4, -0.2) is 49.8 Å². The largest absolute Gasteiger partial charge is 0.465 e. The van der Waals surface area contributed by atoms with Gasteiger partial charge in [0.1, 0.15) is 17.6 Å². The van der Waals surface area contributed by atoms with E-state index in [0.29, 0.717) is 28.4 Å². The minimum absolute atomic E-state index is 0.0523. The first-order valence-corrected chi connectivity index (χ1v) is 14.1. The molecule has 0 bridgehead atoms. The first-order valence-electron chi connectivity index (χ1n) is 13.4. The Balaban J connectivity index is 1.77. The molecule has 0 radical (unpaired) electrons. The lowest BCUT2D eigenvalue weighted by atomic mass is 9.78. The van der Waals surface area contributed by atoms with Crippen LogP contribution in [0.4, 0.5) is 4.79 Å². The highest BCUT2D eigenvalue weighted by atomic mass is 35.5. The van der Waals surface area contributed by atoms with E-state index in [-0.39, 0.29) is 30.6 Å². The minimum atomic E-state index is -1.41. The van der Waals surface area contributed by atoms with Crippen molar-refractivity contribution in [1.29, 1.82) is 0 Å². The average Bonchev–Trinajstić information content (AvgIpc) is 3.57. The summed E-state index contributed by atoms with van der Waals surface area (Å²) in [7, 11) is 0. The van der Waals surface area contributed by atoms with Crippen molar-refractivity contribution in [2.45, 2.75) is 77.4 Å². The van der Waals surface area contributed by atoms with Gasteiger partial charge in [0.05, 0.1) is 10.5 Å². The summed E-state index contributed by atoms with van der Waals surface area (Å²) in [4.78, 5) is 42.8. The van der Waals surface area contributed by atoms with Crippen molar-refractivity contribution in [1.82, 2.24) is 31.1 Å². The summed E-state index contributed by atoms with van der Waals surface area (Å²) in [5, 5.41) is 27.2. The minimum Gasteiger partial charge on any atom is -0.465 e. The molecule has 0 aliphatic heterocycles. The van der Waals surface area contributed by atoms with Gasteiger partial charge in [0.15, 0.2) is 0 Å². The lowest BCUT2D eigenvalue weighted by Crippen LogP contribution is -2.65. The van der Waals surface area contributed by atoms with Crippen molar-refractivity contribution >= 4 is 52.0 Å². The molecule has 3 amide bonds. The number of amides is 3. The van der Waals surface area contributed by atoms with Crippen LogP contribution in [0.1, 0.15) is 70.1 Å². The summed E-state index contributed by atoms with van der Waals surface area (Å²) in [6.07, 6.45) is 1.97. The van der Waals surface area contributed by atoms with Gasteiger partial charge in [-0.3, -0.25) is 9.59 Å². The molecular formula is C27H34Cl2N6O5. The second kappa shape index (κ2) is 12.1. The predicted octanol–water partition coefficient (Wildman–Crippen LogP) is 4.79. The van der Waals surface area contributed by atoms with Gasteiger partial charge in [-0.05, 0) is 42.4 Å². The van der Waals surface area contributed by atoms with Crippen LogP contribution in [0.2, 0.25) is 10.0 Å². The molecule has 1 aliphatic carbocycles. The molecule has 0 fully saturated rings. The molecule has 4 rings (SSSR count). The summed E-state index contributed by atoms with van der Waals surface area (Å²) in [6.45, 7) is 7.59. The highest BCUT2D eigenvalue weighted by Crippen LogP contribution is 2.39. The maximum absolute atomic E-state index is 14.3. The average molecular weight is 594 g/mol. The Morgan fingerprint density at radius 1 is 1.15 bits per heavy atom. The summed E-state index contributed by atoms with van der Waals surface area (Å²) < 4.78 is 5.44. The van der Waals surface area contributed by atoms with Gasteiger partial charge in [-0.2, -0.15) is 0 Å². The van der Waals surface area contributed by atoms with Crippen molar-refractivity contribution in [3.05, 3.63) is 45.7 Å². The SMILES string of the molecule is CCC(C)[C@H](NC(=O)O)C(=O)N[C@@]1(C(=O)N[C@H](c2nnco2)C(C)CC)CCc2[nH]c3c(Cl)cc(Cl)cc3c2C1. The van der Waals surface area contributed by atoms with Crippen LogP contribution < -0.4 is 16.0 Å². The van der Waals surface area contributed by atoms with Gasteiger partial charge in [0.2, 0.25) is 24.1 Å². The zero-order valence-electron chi connectivity index (χ0n) is 22.8. The number of aromatic nitrogens is 3. The Hall–Kier alpha value is -3.31. The summed E-state index contributed by atoms with van der Waals surface area (Å²) in [6, 6.07) is 1.78. The number of halogens is 2. The third-order valence-corrected chi connectivity index (χ3v) is 8.53. The number of benzene rings is 1. The molecule has 1 aliphatic rings. The lowest BCUT2D eigenvalue weighted by Gasteiger charge is -2.39. The highest BCUT2D eigenvalue weighted by molar-refractivity contribution is 6.38. The quantitative estimate of drug-likeness (QED) is 0.226. The number of hydrogen-bond donors (Lipinski definition) is 5. The van der Waals surface area contributed by atoms with Crippen LogP contribution in [0.3, 0.4) is 0 Å². The molecule has 0 saturated carbocycles.